The first kappa shape index (κ1) is 26.5. The van der Waals surface area contributed by atoms with Gasteiger partial charge in [0.1, 0.15) is 0 Å². The van der Waals surface area contributed by atoms with Crippen LogP contribution in [-0.2, 0) is 4.79 Å². The molecule has 3 N–H and O–H groups in total. The number of carbonyl (C=O) groups excluding carboxylic acids is 2. The van der Waals surface area contributed by atoms with Crippen LogP contribution in [0, 0.1) is 0 Å². The summed E-state index contributed by atoms with van der Waals surface area (Å²) in [5.74, 6) is 0.930. The number of methoxy groups -OCH3 is 2. The topological polar surface area (TPSA) is 110 Å². The standard InChI is InChI=1S/C24H29N5O4S.ClH/c1-4-17(25)23(31)28-9-11-29(12-10-28)24-27-18-7-5-15(13-21(18)34-24)22(30)26-16-6-8-19(32-2)20(14-16)33-3;/h5-8,13-14,17H,4,9-12,25H2,1-3H3,(H,26,30);1H/t17-;/m0./s1. The lowest BCUT2D eigenvalue weighted by Crippen LogP contribution is -2.53. The summed E-state index contributed by atoms with van der Waals surface area (Å²) in [7, 11) is 3.12. The number of hydrogen-bond donors (Lipinski definition) is 2. The van der Waals surface area contributed by atoms with Crippen LogP contribution in [0.5, 0.6) is 11.5 Å². The van der Waals surface area contributed by atoms with Crippen LogP contribution in [0.15, 0.2) is 36.4 Å². The van der Waals surface area contributed by atoms with Gasteiger partial charge >= 0.3 is 0 Å². The second-order valence-corrected chi connectivity index (χ2v) is 9.04. The lowest BCUT2D eigenvalue weighted by molar-refractivity contribution is -0.132. The number of nitrogens with one attached hydrogen (secondary N) is 1. The summed E-state index contributed by atoms with van der Waals surface area (Å²) in [6.07, 6.45) is 0.638. The Hall–Kier alpha value is -3.08. The van der Waals surface area contributed by atoms with Gasteiger partial charge in [0.15, 0.2) is 16.6 Å². The Morgan fingerprint density at radius 3 is 2.46 bits per heavy atom. The van der Waals surface area contributed by atoms with Crippen LogP contribution in [0.2, 0.25) is 0 Å². The first-order valence-corrected chi connectivity index (χ1v) is 12.0. The van der Waals surface area contributed by atoms with Gasteiger partial charge in [-0.25, -0.2) is 4.98 Å². The zero-order valence-corrected chi connectivity index (χ0v) is 21.6. The molecule has 2 amide bonds. The monoisotopic (exact) mass is 519 g/mol. The van der Waals surface area contributed by atoms with Crippen molar-refractivity contribution >= 4 is 56.6 Å². The molecule has 4 rings (SSSR count). The highest BCUT2D eigenvalue weighted by molar-refractivity contribution is 7.22. The van der Waals surface area contributed by atoms with Gasteiger partial charge in [-0.2, -0.15) is 0 Å². The Morgan fingerprint density at radius 2 is 1.80 bits per heavy atom. The number of thiazole rings is 1. The number of halogens is 1. The highest BCUT2D eigenvalue weighted by Crippen LogP contribution is 2.32. The van der Waals surface area contributed by atoms with E-state index in [1.54, 1.807) is 49.8 Å². The van der Waals surface area contributed by atoms with Crippen molar-refractivity contribution in [2.24, 2.45) is 5.73 Å². The molecule has 188 valence electrons. The van der Waals surface area contributed by atoms with Gasteiger partial charge in [0, 0.05) is 43.5 Å². The molecule has 1 aliphatic heterocycles. The van der Waals surface area contributed by atoms with Crippen LogP contribution in [0.1, 0.15) is 23.7 Å². The molecule has 0 unspecified atom stereocenters. The van der Waals surface area contributed by atoms with Gasteiger partial charge in [-0.3, -0.25) is 9.59 Å². The van der Waals surface area contributed by atoms with E-state index in [0.29, 0.717) is 55.3 Å². The molecule has 3 aromatic rings. The molecule has 2 aromatic carbocycles. The maximum absolute atomic E-state index is 12.8. The molecule has 1 atom stereocenters. The normalized spacial score (nSPS) is 14.3. The zero-order valence-electron chi connectivity index (χ0n) is 19.9. The first-order chi connectivity index (χ1) is 16.4. The van der Waals surface area contributed by atoms with E-state index in [9.17, 15) is 9.59 Å². The number of fused-ring (bicyclic) bond motifs is 1. The Kier molecular flexibility index (Phi) is 8.76. The predicted octanol–water partition coefficient (Wildman–Crippen LogP) is 3.37. The molecule has 1 aliphatic rings. The van der Waals surface area contributed by atoms with Crippen LogP contribution >= 0.6 is 23.7 Å². The lowest BCUT2D eigenvalue weighted by atomic mass is 10.2. The van der Waals surface area contributed by atoms with Gasteiger partial charge in [0.2, 0.25) is 5.91 Å². The Balaban J connectivity index is 0.00000342. The SMILES string of the molecule is CC[C@H](N)C(=O)N1CCN(c2nc3ccc(C(=O)Nc4ccc(OC)c(OC)c4)cc3s2)CC1.Cl. The van der Waals surface area contributed by atoms with E-state index >= 15 is 0 Å². The largest absolute Gasteiger partial charge is 0.493 e. The second-order valence-electron chi connectivity index (χ2n) is 8.03. The summed E-state index contributed by atoms with van der Waals surface area (Å²) in [5, 5.41) is 3.79. The quantitative estimate of drug-likeness (QED) is 0.492. The number of hydrogen-bond acceptors (Lipinski definition) is 8. The number of anilines is 2. The van der Waals surface area contributed by atoms with Crippen molar-refractivity contribution in [2.45, 2.75) is 19.4 Å². The number of carbonyl (C=O) groups is 2. The third-order valence-corrected chi connectivity index (χ3v) is 6.98. The van der Waals surface area contributed by atoms with E-state index in [2.05, 4.69) is 10.2 Å². The van der Waals surface area contributed by atoms with Crippen LogP contribution in [-0.4, -0.2) is 68.1 Å². The molecule has 35 heavy (non-hydrogen) atoms. The molecule has 2 heterocycles. The van der Waals surface area contributed by atoms with Gasteiger partial charge in [0.25, 0.3) is 5.91 Å². The van der Waals surface area contributed by atoms with Gasteiger partial charge in [-0.1, -0.05) is 18.3 Å². The fraction of sp³-hybridized carbons (Fsp3) is 0.375. The van der Waals surface area contributed by atoms with E-state index in [1.807, 2.05) is 24.0 Å². The molecule has 9 nitrogen and oxygen atoms in total. The molecule has 0 bridgehead atoms. The smallest absolute Gasteiger partial charge is 0.255 e. The van der Waals surface area contributed by atoms with Crippen LogP contribution < -0.4 is 25.4 Å². The number of ether oxygens (including phenoxy) is 2. The zero-order chi connectivity index (χ0) is 24.2. The molecule has 1 saturated heterocycles. The maximum atomic E-state index is 12.8. The Morgan fingerprint density at radius 1 is 1.09 bits per heavy atom. The van der Waals surface area contributed by atoms with Crippen molar-refractivity contribution in [3.63, 3.8) is 0 Å². The molecule has 1 aromatic heterocycles. The van der Waals surface area contributed by atoms with Crippen LogP contribution in [0.3, 0.4) is 0 Å². The summed E-state index contributed by atoms with van der Waals surface area (Å²) in [6, 6.07) is 10.3. The van der Waals surface area contributed by atoms with Gasteiger partial charge in [-0.15, -0.1) is 12.4 Å². The number of amides is 2. The number of rotatable bonds is 7. The van der Waals surface area contributed by atoms with Gasteiger partial charge in [0.05, 0.1) is 30.5 Å². The molecule has 1 fully saturated rings. The van der Waals surface area contributed by atoms with Crippen molar-refractivity contribution in [1.82, 2.24) is 9.88 Å². The van der Waals surface area contributed by atoms with Crippen molar-refractivity contribution in [1.29, 1.82) is 0 Å². The summed E-state index contributed by atoms with van der Waals surface area (Å²) in [4.78, 5) is 33.9. The first-order valence-electron chi connectivity index (χ1n) is 11.2. The highest BCUT2D eigenvalue weighted by Gasteiger charge is 2.25. The van der Waals surface area contributed by atoms with E-state index in [-0.39, 0.29) is 24.2 Å². The lowest BCUT2D eigenvalue weighted by Gasteiger charge is -2.35. The van der Waals surface area contributed by atoms with E-state index in [4.69, 9.17) is 20.2 Å². The molecular formula is C24H30ClN5O4S. The Bertz CT molecular complexity index is 1200. The predicted molar refractivity (Wildman–Crippen MR) is 141 cm³/mol. The van der Waals surface area contributed by atoms with E-state index < -0.39 is 6.04 Å². The number of nitrogens with two attached hydrogens (primary N) is 1. The van der Waals surface area contributed by atoms with Crippen molar-refractivity contribution in [2.75, 3.05) is 50.6 Å². The fourth-order valence-electron chi connectivity index (χ4n) is 3.83. The fourth-order valence-corrected chi connectivity index (χ4v) is 4.89. The maximum Gasteiger partial charge on any atom is 0.255 e. The van der Waals surface area contributed by atoms with Gasteiger partial charge < -0.3 is 30.3 Å². The average molecular weight is 520 g/mol. The summed E-state index contributed by atoms with van der Waals surface area (Å²) in [6.45, 7) is 4.58. The summed E-state index contributed by atoms with van der Waals surface area (Å²) in [5.41, 5.74) is 7.90. The van der Waals surface area contributed by atoms with Crippen molar-refractivity contribution in [3.05, 3.63) is 42.0 Å². The van der Waals surface area contributed by atoms with Crippen molar-refractivity contribution < 1.29 is 19.1 Å². The molecule has 0 aliphatic carbocycles. The molecule has 0 radical (unpaired) electrons. The molecule has 11 heteroatoms. The van der Waals surface area contributed by atoms with E-state index in [0.717, 1.165) is 15.3 Å². The number of benzene rings is 2. The molecule has 0 saturated carbocycles. The van der Waals surface area contributed by atoms with E-state index in [1.165, 1.54) is 0 Å². The number of aromatic nitrogens is 1. The Labute approximate surface area is 214 Å². The molecular weight excluding hydrogens is 490 g/mol. The second kappa shape index (κ2) is 11.6. The highest BCUT2D eigenvalue weighted by atomic mass is 35.5. The minimum atomic E-state index is -0.433. The number of piperazine rings is 1. The summed E-state index contributed by atoms with van der Waals surface area (Å²) < 4.78 is 11.5. The van der Waals surface area contributed by atoms with Crippen LogP contribution in [0.25, 0.3) is 10.2 Å². The van der Waals surface area contributed by atoms with Crippen LogP contribution in [0.4, 0.5) is 10.8 Å². The van der Waals surface area contributed by atoms with Crippen molar-refractivity contribution in [3.8, 4) is 11.5 Å². The molecule has 0 spiro atoms. The minimum absolute atomic E-state index is 0. The third-order valence-electron chi connectivity index (χ3n) is 5.90. The average Bonchev–Trinajstić information content (AvgIpc) is 3.31. The number of nitrogens with zero attached hydrogens (tertiary/aromatic N) is 3. The minimum Gasteiger partial charge on any atom is -0.493 e. The summed E-state index contributed by atoms with van der Waals surface area (Å²) >= 11 is 1.54. The van der Waals surface area contributed by atoms with Gasteiger partial charge in [-0.05, 0) is 36.8 Å². The third kappa shape index (κ3) is 5.77.